The maximum atomic E-state index is 9.35. The third kappa shape index (κ3) is 1.97. The zero-order chi connectivity index (χ0) is 12.5. The van der Waals surface area contributed by atoms with E-state index in [0.717, 1.165) is 25.0 Å². The summed E-state index contributed by atoms with van der Waals surface area (Å²) in [6.07, 6.45) is 6.69. The Morgan fingerprint density at radius 1 is 1.28 bits per heavy atom. The van der Waals surface area contributed by atoms with Crippen LogP contribution in [0.3, 0.4) is 0 Å². The molecule has 0 bridgehead atoms. The second kappa shape index (κ2) is 4.82. The second-order valence-electron chi connectivity index (χ2n) is 4.87. The van der Waals surface area contributed by atoms with Gasteiger partial charge in [-0.3, -0.25) is 0 Å². The largest absolute Gasteiger partial charge is 0.396 e. The van der Waals surface area contributed by atoms with Crippen LogP contribution >= 0.6 is 11.6 Å². The van der Waals surface area contributed by atoms with Crippen molar-refractivity contribution in [2.45, 2.75) is 25.8 Å². The van der Waals surface area contributed by atoms with Crippen LogP contribution < -0.4 is 0 Å². The highest BCUT2D eigenvalue weighted by molar-refractivity contribution is 6.33. The summed E-state index contributed by atoms with van der Waals surface area (Å²) in [7, 11) is 0. The van der Waals surface area contributed by atoms with Crippen LogP contribution in [0.4, 0.5) is 0 Å². The topological polar surface area (TPSA) is 63.8 Å². The van der Waals surface area contributed by atoms with Gasteiger partial charge in [-0.15, -0.1) is 0 Å². The molecular formula is C12H15ClN4O. The maximum absolute atomic E-state index is 9.35. The third-order valence-corrected chi connectivity index (χ3v) is 4.12. The number of aliphatic hydroxyl groups is 1. The van der Waals surface area contributed by atoms with Crippen molar-refractivity contribution in [2.24, 2.45) is 11.8 Å². The molecule has 0 spiro atoms. The van der Waals surface area contributed by atoms with Crippen LogP contribution in [-0.4, -0.2) is 31.2 Å². The Morgan fingerprint density at radius 3 is 2.94 bits per heavy atom. The molecule has 2 aromatic rings. The summed E-state index contributed by atoms with van der Waals surface area (Å²) in [6.45, 7) is 1.11. The SMILES string of the molecule is OC[C@@H]1CCC[C@@H]1Cn1cnc2c(Cl)ncnc21. The van der Waals surface area contributed by atoms with Gasteiger partial charge in [0.05, 0.1) is 6.33 Å². The standard InChI is InChI=1S/C12H15ClN4O/c13-11-10-12(15-6-14-11)17(7-16-10)4-8-2-1-3-9(8)5-18/h6-9,18H,1-5H2/t8-,9+/m1/s1. The zero-order valence-corrected chi connectivity index (χ0v) is 10.7. The summed E-state index contributed by atoms with van der Waals surface area (Å²) in [6, 6.07) is 0. The van der Waals surface area contributed by atoms with Crippen molar-refractivity contribution < 1.29 is 5.11 Å². The van der Waals surface area contributed by atoms with Crippen LogP contribution in [0.1, 0.15) is 19.3 Å². The average molecular weight is 267 g/mol. The molecule has 1 fully saturated rings. The van der Waals surface area contributed by atoms with Gasteiger partial charge in [0.2, 0.25) is 0 Å². The van der Waals surface area contributed by atoms with E-state index in [0.29, 0.717) is 22.5 Å². The normalized spacial score (nSPS) is 23.9. The van der Waals surface area contributed by atoms with E-state index in [1.165, 1.54) is 12.7 Å². The molecule has 5 nitrogen and oxygen atoms in total. The number of halogens is 1. The van der Waals surface area contributed by atoms with Gasteiger partial charge in [0.1, 0.15) is 11.8 Å². The molecule has 0 unspecified atom stereocenters. The van der Waals surface area contributed by atoms with E-state index in [9.17, 15) is 5.11 Å². The Bertz CT molecular complexity index is 556. The molecule has 2 atom stereocenters. The number of fused-ring (bicyclic) bond motifs is 1. The van der Waals surface area contributed by atoms with Gasteiger partial charge in [0.15, 0.2) is 10.8 Å². The number of imidazole rings is 1. The Labute approximate surface area is 110 Å². The highest BCUT2D eigenvalue weighted by Gasteiger charge is 2.27. The molecule has 18 heavy (non-hydrogen) atoms. The van der Waals surface area contributed by atoms with Crippen LogP contribution in [0, 0.1) is 11.8 Å². The van der Waals surface area contributed by atoms with Crippen LogP contribution in [0.15, 0.2) is 12.7 Å². The summed E-state index contributed by atoms with van der Waals surface area (Å²) >= 11 is 5.98. The maximum Gasteiger partial charge on any atom is 0.164 e. The van der Waals surface area contributed by atoms with Gasteiger partial charge in [-0.25, -0.2) is 15.0 Å². The first kappa shape index (κ1) is 11.9. The fraction of sp³-hybridized carbons (Fsp3) is 0.583. The third-order valence-electron chi connectivity index (χ3n) is 3.84. The lowest BCUT2D eigenvalue weighted by Crippen LogP contribution is -2.17. The first-order valence-electron chi connectivity index (χ1n) is 6.21. The second-order valence-corrected chi connectivity index (χ2v) is 5.23. The van der Waals surface area contributed by atoms with E-state index < -0.39 is 0 Å². The molecule has 96 valence electrons. The first-order chi connectivity index (χ1) is 8.79. The summed E-state index contributed by atoms with van der Waals surface area (Å²) in [4.78, 5) is 12.4. The molecule has 0 aromatic carbocycles. The van der Waals surface area contributed by atoms with Crippen molar-refractivity contribution >= 4 is 22.8 Å². The molecule has 2 aromatic heterocycles. The van der Waals surface area contributed by atoms with Crippen molar-refractivity contribution in [1.29, 1.82) is 0 Å². The van der Waals surface area contributed by atoms with E-state index in [-0.39, 0.29) is 6.61 Å². The fourth-order valence-corrected chi connectivity index (χ4v) is 3.01. The average Bonchev–Trinajstić information content (AvgIpc) is 2.98. The van der Waals surface area contributed by atoms with E-state index in [4.69, 9.17) is 11.6 Å². The van der Waals surface area contributed by atoms with Crippen molar-refractivity contribution in [1.82, 2.24) is 19.5 Å². The lowest BCUT2D eigenvalue weighted by Gasteiger charge is -2.17. The number of hydrogen-bond donors (Lipinski definition) is 1. The van der Waals surface area contributed by atoms with Gasteiger partial charge in [0.25, 0.3) is 0 Å². The van der Waals surface area contributed by atoms with Crippen LogP contribution in [-0.2, 0) is 6.54 Å². The van der Waals surface area contributed by atoms with Crippen molar-refractivity contribution in [2.75, 3.05) is 6.61 Å². The predicted molar refractivity (Wildman–Crippen MR) is 68.2 cm³/mol. The molecule has 3 rings (SSSR count). The molecule has 0 saturated heterocycles. The van der Waals surface area contributed by atoms with Crippen LogP contribution in [0.5, 0.6) is 0 Å². The molecule has 0 aliphatic heterocycles. The minimum absolute atomic E-state index is 0.271. The molecule has 1 saturated carbocycles. The van der Waals surface area contributed by atoms with E-state index in [1.54, 1.807) is 6.33 Å². The molecule has 0 radical (unpaired) electrons. The minimum Gasteiger partial charge on any atom is -0.396 e. The minimum atomic E-state index is 0.271. The fourth-order valence-electron chi connectivity index (χ4n) is 2.83. The highest BCUT2D eigenvalue weighted by atomic mass is 35.5. The summed E-state index contributed by atoms with van der Waals surface area (Å²) in [5.41, 5.74) is 1.43. The lowest BCUT2D eigenvalue weighted by atomic mass is 9.97. The number of rotatable bonds is 3. The summed E-state index contributed by atoms with van der Waals surface area (Å²) < 4.78 is 2.02. The molecule has 1 aliphatic rings. The van der Waals surface area contributed by atoms with Crippen molar-refractivity contribution in [3.63, 3.8) is 0 Å². The number of nitrogens with zero attached hydrogens (tertiary/aromatic N) is 4. The van der Waals surface area contributed by atoms with E-state index in [1.807, 2.05) is 4.57 Å². The molecular weight excluding hydrogens is 252 g/mol. The molecule has 6 heteroatoms. The predicted octanol–water partition coefficient (Wildman–Crippen LogP) is 1.89. The zero-order valence-electron chi connectivity index (χ0n) is 9.96. The van der Waals surface area contributed by atoms with Gasteiger partial charge < -0.3 is 9.67 Å². The number of hydrogen-bond acceptors (Lipinski definition) is 4. The number of aliphatic hydroxyl groups excluding tert-OH is 1. The van der Waals surface area contributed by atoms with Gasteiger partial charge >= 0.3 is 0 Å². The summed E-state index contributed by atoms with van der Waals surface area (Å²) in [5, 5.41) is 9.74. The Kier molecular flexibility index (Phi) is 3.18. The van der Waals surface area contributed by atoms with E-state index >= 15 is 0 Å². The summed E-state index contributed by atoms with van der Waals surface area (Å²) in [5.74, 6) is 0.904. The van der Waals surface area contributed by atoms with Gasteiger partial charge in [0, 0.05) is 13.2 Å². The molecule has 1 N–H and O–H groups in total. The van der Waals surface area contributed by atoms with Crippen molar-refractivity contribution in [3.8, 4) is 0 Å². The molecule has 0 amide bonds. The Hall–Kier alpha value is -1.20. The Balaban J connectivity index is 1.89. The monoisotopic (exact) mass is 266 g/mol. The van der Waals surface area contributed by atoms with E-state index in [2.05, 4.69) is 15.0 Å². The first-order valence-corrected chi connectivity index (χ1v) is 6.59. The highest BCUT2D eigenvalue weighted by Crippen LogP contribution is 2.33. The smallest absolute Gasteiger partial charge is 0.164 e. The van der Waals surface area contributed by atoms with Crippen molar-refractivity contribution in [3.05, 3.63) is 17.8 Å². The van der Waals surface area contributed by atoms with Gasteiger partial charge in [-0.05, 0) is 24.7 Å². The Morgan fingerprint density at radius 2 is 2.11 bits per heavy atom. The number of aromatic nitrogens is 4. The lowest BCUT2D eigenvalue weighted by molar-refractivity contribution is 0.185. The van der Waals surface area contributed by atoms with Gasteiger partial charge in [-0.2, -0.15) is 0 Å². The molecule has 1 aliphatic carbocycles. The van der Waals surface area contributed by atoms with Gasteiger partial charge in [-0.1, -0.05) is 18.0 Å². The quantitative estimate of drug-likeness (QED) is 0.862. The molecule has 2 heterocycles. The van der Waals surface area contributed by atoms with Crippen LogP contribution in [0.25, 0.3) is 11.2 Å². The van der Waals surface area contributed by atoms with Crippen LogP contribution in [0.2, 0.25) is 5.15 Å².